The van der Waals surface area contributed by atoms with Crippen molar-refractivity contribution in [3.63, 3.8) is 0 Å². The number of pyridine rings is 1. The summed E-state index contributed by atoms with van der Waals surface area (Å²) in [7, 11) is 0. The number of rotatable bonds is 7. The Morgan fingerprint density at radius 1 is 1.02 bits per heavy atom. The standard InChI is InChI=1S/C33H35F3N6O4/c1-2-45-29-23(35)7-4-17-10-21(43)11-22(24(17)29)27-26(36)28-25(31(44)38-27)30(41-14-19-5-6-20(15-41)37-19)40-32(39-28)46-16-33-8-3-9-42(33)13-18(34)12-33/h4,7,10-11,18-20,37,43H,2-3,5-6,8-9,12-16H2,1H3,(H,38,44)/t18-,19?,20?,33+/m1/s1. The summed E-state index contributed by atoms with van der Waals surface area (Å²) in [4.78, 5) is 17.6. The number of fused-ring (bicyclic) bond motifs is 5. The molecule has 4 aliphatic rings. The SMILES string of the molecule is CCOc1c(F)ccc2cc(O)cc(-c3nc(O)c4c(N5CC6CCC(C5)N6)nc(OC[C@@]56CCCN5C[C@H](F)C6)nc4c3F)c12. The molecule has 242 valence electrons. The summed E-state index contributed by atoms with van der Waals surface area (Å²) in [6.07, 6.45) is 3.09. The fourth-order valence-corrected chi connectivity index (χ4v) is 8.07. The van der Waals surface area contributed by atoms with Crippen LogP contribution in [0.2, 0.25) is 0 Å². The number of piperazine rings is 1. The van der Waals surface area contributed by atoms with Crippen LogP contribution in [0.15, 0.2) is 24.3 Å². The van der Waals surface area contributed by atoms with Crippen LogP contribution in [0, 0.1) is 11.6 Å². The van der Waals surface area contributed by atoms with Crippen molar-refractivity contribution >= 4 is 27.5 Å². The van der Waals surface area contributed by atoms with Gasteiger partial charge in [0, 0.05) is 49.1 Å². The molecule has 2 unspecified atom stereocenters. The number of aromatic hydroxyl groups is 2. The lowest BCUT2D eigenvalue weighted by atomic mass is 9.95. The highest BCUT2D eigenvalue weighted by atomic mass is 19.1. The van der Waals surface area contributed by atoms with Crippen molar-refractivity contribution in [2.45, 2.75) is 62.8 Å². The quantitative estimate of drug-likeness (QED) is 0.261. The van der Waals surface area contributed by atoms with Crippen LogP contribution in [0.25, 0.3) is 32.9 Å². The Balaban J connectivity index is 1.30. The highest BCUT2D eigenvalue weighted by Crippen LogP contribution is 2.45. The Hall–Kier alpha value is -4.10. The van der Waals surface area contributed by atoms with Crippen LogP contribution in [0.4, 0.5) is 19.0 Å². The number of phenolic OH excluding ortho intramolecular Hbond substituents is 1. The maximum Gasteiger partial charge on any atom is 0.319 e. The maximum atomic E-state index is 16.9. The zero-order valence-electron chi connectivity index (χ0n) is 25.4. The highest BCUT2D eigenvalue weighted by Gasteiger charge is 2.49. The van der Waals surface area contributed by atoms with Crippen LogP contribution in [-0.2, 0) is 0 Å². The molecule has 6 heterocycles. The number of benzene rings is 2. The molecule has 4 saturated heterocycles. The van der Waals surface area contributed by atoms with Crippen LogP contribution in [-0.4, -0.2) is 93.3 Å². The summed E-state index contributed by atoms with van der Waals surface area (Å²) in [6.45, 7) is 4.30. The summed E-state index contributed by atoms with van der Waals surface area (Å²) in [5.41, 5.74) is -1.02. The van der Waals surface area contributed by atoms with E-state index in [2.05, 4.69) is 20.2 Å². The lowest BCUT2D eigenvalue weighted by Crippen LogP contribution is -2.51. The van der Waals surface area contributed by atoms with Crippen molar-refractivity contribution < 1.29 is 32.9 Å². The van der Waals surface area contributed by atoms with Crippen molar-refractivity contribution in [2.75, 3.05) is 44.3 Å². The fourth-order valence-electron chi connectivity index (χ4n) is 8.07. The number of anilines is 1. The minimum absolute atomic E-state index is 0.0240. The van der Waals surface area contributed by atoms with Gasteiger partial charge in [-0.05, 0) is 62.7 Å². The van der Waals surface area contributed by atoms with Crippen LogP contribution in [0.5, 0.6) is 23.4 Å². The molecule has 10 nitrogen and oxygen atoms in total. The van der Waals surface area contributed by atoms with E-state index in [4.69, 9.17) is 14.5 Å². The van der Waals surface area contributed by atoms with Crippen molar-refractivity contribution in [1.29, 1.82) is 0 Å². The third-order valence-corrected chi connectivity index (χ3v) is 10.0. The molecule has 3 N–H and O–H groups in total. The van der Waals surface area contributed by atoms with E-state index in [1.165, 1.54) is 24.3 Å². The summed E-state index contributed by atoms with van der Waals surface area (Å²) in [5.74, 6) is -2.11. The topological polar surface area (TPSA) is 116 Å². The lowest BCUT2D eigenvalue weighted by Gasteiger charge is -2.34. The van der Waals surface area contributed by atoms with Crippen LogP contribution >= 0.6 is 0 Å². The van der Waals surface area contributed by atoms with Gasteiger partial charge in [0.2, 0.25) is 5.88 Å². The second-order valence-electron chi connectivity index (χ2n) is 13.0. The van der Waals surface area contributed by atoms with Gasteiger partial charge in [0.25, 0.3) is 0 Å². The Morgan fingerprint density at radius 2 is 1.83 bits per heavy atom. The summed E-state index contributed by atoms with van der Waals surface area (Å²) in [5, 5.41) is 26.2. The van der Waals surface area contributed by atoms with Crippen LogP contribution in [0.3, 0.4) is 0 Å². The van der Waals surface area contributed by atoms with E-state index >= 15 is 8.78 Å². The van der Waals surface area contributed by atoms with E-state index in [1.807, 2.05) is 4.90 Å². The zero-order valence-corrected chi connectivity index (χ0v) is 25.4. The molecule has 2 aromatic heterocycles. The number of hydrogen-bond donors (Lipinski definition) is 3. The third kappa shape index (κ3) is 4.74. The molecular weight excluding hydrogens is 601 g/mol. The first-order valence-corrected chi connectivity index (χ1v) is 15.9. The predicted octanol–water partition coefficient (Wildman–Crippen LogP) is 4.83. The van der Waals surface area contributed by atoms with Gasteiger partial charge in [-0.2, -0.15) is 9.97 Å². The molecular formula is C33H35F3N6O4. The van der Waals surface area contributed by atoms with Gasteiger partial charge in [-0.1, -0.05) is 6.07 Å². The predicted molar refractivity (Wildman–Crippen MR) is 165 cm³/mol. The number of ether oxygens (including phenoxy) is 2. The third-order valence-electron chi connectivity index (χ3n) is 10.0. The average molecular weight is 637 g/mol. The second kappa shape index (κ2) is 11.0. The first-order valence-electron chi connectivity index (χ1n) is 15.9. The Bertz CT molecular complexity index is 1850. The van der Waals surface area contributed by atoms with Crippen molar-refractivity contribution in [3.05, 3.63) is 35.9 Å². The van der Waals surface area contributed by atoms with Gasteiger partial charge in [0.1, 0.15) is 40.9 Å². The molecule has 4 atom stereocenters. The summed E-state index contributed by atoms with van der Waals surface area (Å²) < 4.78 is 58.2. The number of nitrogens with zero attached hydrogens (tertiary/aromatic N) is 5. The van der Waals surface area contributed by atoms with E-state index in [0.29, 0.717) is 37.3 Å². The molecule has 8 rings (SSSR count). The van der Waals surface area contributed by atoms with E-state index in [0.717, 1.165) is 32.2 Å². The van der Waals surface area contributed by atoms with Gasteiger partial charge < -0.3 is 29.9 Å². The Labute approximate surface area is 263 Å². The first-order chi connectivity index (χ1) is 22.2. The number of halogens is 3. The Morgan fingerprint density at radius 3 is 2.61 bits per heavy atom. The molecule has 4 fully saturated rings. The molecule has 0 amide bonds. The van der Waals surface area contributed by atoms with Crippen LogP contribution < -0.4 is 19.7 Å². The fraction of sp³-hybridized carbons (Fsp3) is 0.485. The normalized spacial score (nSPS) is 25.9. The molecule has 13 heteroatoms. The molecule has 0 aliphatic carbocycles. The molecule has 0 saturated carbocycles. The number of alkyl halides is 1. The molecule has 2 bridgehead atoms. The van der Waals surface area contributed by atoms with Crippen molar-refractivity contribution in [1.82, 2.24) is 25.2 Å². The minimum Gasteiger partial charge on any atom is -0.508 e. The van der Waals surface area contributed by atoms with E-state index in [9.17, 15) is 14.6 Å². The van der Waals surface area contributed by atoms with Gasteiger partial charge in [0.05, 0.1) is 12.1 Å². The van der Waals surface area contributed by atoms with Gasteiger partial charge in [0.15, 0.2) is 17.4 Å². The number of phenols is 1. The van der Waals surface area contributed by atoms with Crippen molar-refractivity contribution in [3.8, 4) is 34.6 Å². The Kier molecular flexibility index (Phi) is 7.02. The molecule has 0 radical (unpaired) electrons. The smallest absolute Gasteiger partial charge is 0.319 e. The molecule has 4 aromatic rings. The average Bonchev–Trinajstić information content (AvgIpc) is 3.68. The largest absolute Gasteiger partial charge is 0.508 e. The summed E-state index contributed by atoms with van der Waals surface area (Å²) >= 11 is 0. The molecule has 46 heavy (non-hydrogen) atoms. The van der Waals surface area contributed by atoms with Gasteiger partial charge >= 0.3 is 6.01 Å². The highest BCUT2D eigenvalue weighted by molar-refractivity contribution is 6.04. The molecule has 0 spiro atoms. The second-order valence-corrected chi connectivity index (χ2v) is 13.0. The zero-order chi connectivity index (χ0) is 31.7. The van der Waals surface area contributed by atoms with Gasteiger partial charge in [-0.25, -0.2) is 18.2 Å². The number of nitrogens with one attached hydrogen (secondary N) is 1. The molecule has 4 aliphatic heterocycles. The molecule has 2 aromatic carbocycles. The van der Waals surface area contributed by atoms with Gasteiger partial charge in [-0.15, -0.1) is 0 Å². The van der Waals surface area contributed by atoms with E-state index < -0.39 is 29.2 Å². The van der Waals surface area contributed by atoms with Gasteiger partial charge in [-0.3, -0.25) is 4.90 Å². The monoisotopic (exact) mass is 636 g/mol. The maximum absolute atomic E-state index is 16.9. The number of aromatic nitrogens is 3. The summed E-state index contributed by atoms with van der Waals surface area (Å²) in [6, 6.07) is 5.68. The lowest BCUT2D eigenvalue weighted by molar-refractivity contribution is 0.107. The van der Waals surface area contributed by atoms with E-state index in [-0.39, 0.29) is 70.4 Å². The first kappa shape index (κ1) is 29.3. The van der Waals surface area contributed by atoms with Crippen molar-refractivity contribution in [2.24, 2.45) is 0 Å². The van der Waals surface area contributed by atoms with E-state index in [1.54, 1.807) is 6.92 Å². The van der Waals surface area contributed by atoms with Crippen LogP contribution in [0.1, 0.15) is 39.0 Å². The minimum atomic E-state index is -0.945. The number of hydrogen-bond acceptors (Lipinski definition) is 10.